The minimum atomic E-state index is -4.99. The van der Waals surface area contributed by atoms with Gasteiger partial charge in [0, 0.05) is 50.5 Å². The molecule has 4 rings (SSSR count). The summed E-state index contributed by atoms with van der Waals surface area (Å²) in [4.78, 5) is 40.3. The average Bonchev–Trinajstić information content (AvgIpc) is 3.31. The van der Waals surface area contributed by atoms with Crippen molar-refractivity contribution in [3.8, 4) is 5.75 Å². The zero-order valence-electron chi connectivity index (χ0n) is 24.6. The number of fused-ring (bicyclic) bond motifs is 1. The van der Waals surface area contributed by atoms with Gasteiger partial charge in [-0.15, -0.1) is 13.2 Å². The Balaban J connectivity index is 1.43. The van der Waals surface area contributed by atoms with Gasteiger partial charge in [-0.05, 0) is 59.9 Å². The number of halogens is 4. The molecular weight excluding hydrogens is 582 g/mol. The van der Waals surface area contributed by atoms with Crippen molar-refractivity contribution in [2.24, 2.45) is 0 Å². The van der Waals surface area contributed by atoms with Gasteiger partial charge in [-0.1, -0.05) is 31.2 Å². The molecular formula is C31H33F4N5O4. The molecule has 0 spiro atoms. The number of nitrogens with zero attached hydrogens (tertiary/aromatic N) is 2. The van der Waals surface area contributed by atoms with E-state index in [1.807, 2.05) is 38.1 Å². The Kier molecular flexibility index (Phi) is 9.65. The Labute approximate surface area is 252 Å². The number of anilines is 2. The number of carbonyl (C=O) groups is 3. The van der Waals surface area contributed by atoms with Crippen molar-refractivity contribution in [3.05, 3.63) is 88.2 Å². The molecule has 0 saturated heterocycles. The molecule has 0 aliphatic carbocycles. The lowest BCUT2D eigenvalue weighted by Gasteiger charge is -2.24. The molecule has 0 radical (unpaired) electrons. The first-order valence-electron chi connectivity index (χ1n) is 13.8. The summed E-state index contributed by atoms with van der Waals surface area (Å²) in [7, 11) is 2.97. The summed E-state index contributed by atoms with van der Waals surface area (Å²) in [5.74, 6) is -2.10. The van der Waals surface area contributed by atoms with E-state index in [0.29, 0.717) is 12.1 Å². The van der Waals surface area contributed by atoms with Crippen LogP contribution in [0.5, 0.6) is 5.75 Å². The van der Waals surface area contributed by atoms with E-state index in [1.165, 1.54) is 36.2 Å². The average molecular weight is 616 g/mol. The van der Waals surface area contributed by atoms with Crippen LogP contribution in [0.4, 0.5) is 33.7 Å². The van der Waals surface area contributed by atoms with Crippen LogP contribution >= 0.6 is 0 Å². The third-order valence-corrected chi connectivity index (χ3v) is 7.29. The first-order valence-corrected chi connectivity index (χ1v) is 13.8. The van der Waals surface area contributed by atoms with Crippen molar-refractivity contribution in [3.63, 3.8) is 0 Å². The van der Waals surface area contributed by atoms with Crippen LogP contribution in [0.1, 0.15) is 45.5 Å². The summed E-state index contributed by atoms with van der Waals surface area (Å²) >= 11 is 0. The van der Waals surface area contributed by atoms with Crippen LogP contribution in [0.25, 0.3) is 0 Å². The largest absolute Gasteiger partial charge is 0.573 e. The third kappa shape index (κ3) is 7.97. The number of ether oxygens (including phenoxy) is 1. The zero-order chi connectivity index (χ0) is 32.2. The highest BCUT2D eigenvalue weighted by Gasteiger charge is 2.32. The number of nitrogens with one attached hydrogen (secondary N) is 3. The number of carbonyl (C=O) groups excluding carboxylic acids is 3. The lowest BCUT2D eigenvalue weighted by molar-refractivity contribution is -0.275. The minimum absolute atomic E-state index is 0.0210. The Morgan fingerprint density at radius 1 is 1.07 bits per heavy atom. The molecule has 9 nitrogen and oxygen atoms in total. The van der Waals surface area contributed by atoms with E-state index in [4.69, 9.17) is 0 Å². The van der Waals surface area contributed by atoms with Crippen molar-refractivity contribution < 1.29 is 36.7 Å². The quantitative estimate of drug-likeness (QED) is 0.257. The fourth-order valence-corrected chi connectivity index (χ4v) is 4.98. The summed E-state index contributed by atoms with van der Waals surface area (Å²) in [5.41, 5.74) is 3.09. The number of hydrogen-bond acceptors (Lipinski definition) is 5. The molecule has 0 fully saturated rings. The zero-order valence-corrected chi connectivity index (χ0v) is 24.6. The molecule has 13 heteroatoms. The number of hydrogen-bond donors (Lipinski definition) is 3. The number of benzene rings is 3. The molecule has 1 atom stereocenters. The van der Waals surface area contributed by atoms with Crippen molar-refractivity contribution in [2.75, 3.05) is 37.8 Å². The van der Waals surface area contributed by atoms with Gasteiger partial charge in [-0.2, -0.15) is 0 Å². The normalized spacial score (nSPS) is 13.0. The lowest BCUT2D eigenvalue weighted by Crippen LogP contribution is -2.34. The van der Waals surface area contributed by atoms with E-state index in [-0.39, 0.29) is 47.4 Å². The van der Waals surface area contributed by atoms with E-state index in [2.05, 4.69) is 20.7 Å². The van der Waals surface area contributed by atoms with Crippen molar-refractivity contribution in [1.29, 1.82) is 0 Å². The van der Waals surface area contributed by atoms with Gasteiger partial charge < -0.3 is 30.5 Å². The van der Waals surface area contributed by atoms with E-state index < -0.39 is 36.4 Å². The lowest BCUT2D eigenvalue weighted by atomic mass is 9.96. The fraction of sp³-hybridized carbons (Fsp3) is 0.323. The highest BCUT2D eigenvalue weighted by molar-refractivity contribution is 5.99. The maximum absolute atomic E-state index is 14.5. The molecule has 0 bridgehead atoms. The van der Waals surface area contributed by atoms with Gasteiger partial charge in [0.1, 0.15) is 11.6 Å². The molecule has 3 aromatic carbocycles. The van der Waals surface area contributed by atoms with Gasteiger partial charge >= 0.3 is 12.4 Å². The van der Waals surface area contributed by atoms with Crippen LogP contribution in [-0.2, 0) is 17.9 Å². The van der Waals surface area contributed by atoms with Crippen LogP contribution in [-0.4, -0.2) is 61.2 Å². The number of aryl methyl sites for hydroxylation is 1. The highest BCUT2D eigenvalue weighted by atomic mass is 19.4. The number of rotatable bonds is 10. The van der Waals surface area contributed by atoms with E-state index in [9.17, 15) is 31.9 Å². The summed E-state index contributed by atoms with van der Waals surface area (Å²) < 4.78 is 58.1. The maximum atomic E-state index is 14.5. The molecule has 234 valence electrons. The van der Waals surface area contributed by atoms with Crippen molar-refractivity contribution >= 4 is 29.2 Å². The van der Waals surface area contributed by atoms with Gasteiger partial charge in [0.25, 0.3) is 5.91 Å². The van der Waals surface area contributed by atoms with Crippen LogP contribution in [0, 0.1) is 12.7 Å². The molecule has 3 aromatic rings. The standard InChI is InChI=1S/C31H33F4N5O4/c1-18-7-5-6-8-23(18)19(2)16-40(4)30(43)38-22-9-10-27(44-31(33,34)35)21(11-22)17-39(3)28(41)15-36-26-13-24-20(12-25(26)32)14-37-29(24)42/h5-13,19,36H,14-17H2,1-4H3,(H,37,42)(H,38,43)/t19-/m0/s1. The molecule has 1 heterocycles. The van der Waals surface area contributed by atoms with Gasteiger partial charge in [0.05, 0.1) is 12.2 Å². The Morgan fingerprint density at radius 3 is 2.50 bits per heavy atom. The number of urea groups is 1. The SMILES string of the molecule is Cc1ccccc1[C@@H](C)CN(C)C(=O)Nc1ccc(OC(F)(F)F)c(CN(C)C(=O)CNc2cc3c(cc2F)CNC3=O)c1. The Morgan fingerprint density at radius 2 is 1.80 bits per heavy atom. The summed E-state index contributed by atoms with van der Waals surface area (Å²) in [6.07, 6.45) is -4.99. The monoisotopic (exact) mass is 615 g/mol. The van der Waals surface area contributed by atoms with Crippen molar-refractivity contribution in [1.82, 2.24) is 15.1 Å². The molecule has 0 unspecified atom stereocenters. The number of amides is 4. The minimum Gasteiger partial charge on any atom is -0.405 e. The van der Waals surface area contributed by atoms with E-state index in [0.717, 1.165) is 22.1 Å². The van der Waals surface area contributed by atoms with Crippen LogP contribution in [0.15, 0.2) is 54.6 Å². The maximum Gasteiger partial charge on any atom is 0.573 e. The first kappa shape index (κ1) is 32.1. The fourth-order valence-electron chi connectivity index (χ4n) is 4.98. The Bertz CT molecular complexity index is 1560. The van der Waals surface area contributed by atoms with Crippen LogP contribution in [0.2, 0.25) is 0 Å². The number of alkyl halides is 3. The van der Waals surface area contributed by atoms with Crippen LogP contribution in [0.3, 0.4) is 0 Å². The molecule has 0 aromatic heterocycles. The topological polar surface area (TPSA) is 103 Å². The summed E-state index contributed by atoms with van der Waals surface area (Å²) in [6.45, 7) is 3.86. The molecule has 44 heavy (non-hydrogen) atoms. The van der Waals surface area contributed by atoms with E-state index >= 15 is 0 Å². The summed E-state index contributed by atoms with van der Waals surface area (Å²) in [5, 5.41) is 7.91. The predicted octanol–water partition coefficient (Wildman–Crippen LogP) is 5.61. The second-order valence-corrected chi connectivity index (χ2v) is 10.7. The van der Waals surface area contributed by atoms with Gasteiger partial charge in [-0.3, -0.25) is 9.59 Å². The van der Waals surface area contributed by atoms with Crippen molar-refractivity contribution in [2.45, 2.75) is 39.2 Å². The molecule has 1 aliphatic rings. The predicted molar refractivity (Wildman–Crippen MR) is 157 cm³/mol. The van der Waals surface area contributed by atoms with Gasteiger partial charge in [0.2, 0.25) is 5.91 Å². The smallest absolute Gasteiger partial charge is 0.405 e. The van der Waals surface area contributed by atoms with Gasteiger partial charge in [-0.25, -0.2) is 9.18 Å². The van der Waals surface area contributed by atoms with Crippen LogP contribution < -0.4 is 20.7 Å². The van der Waals surface area contributed by atoms with E-state index in [1.54, 1.807) is 7.05 Å². The molecule has 1 aliphatic heterocycles. The Hall–Kier alpha value is -4.81. The summed E-state index contributed by atoms with van der Waals surface area (Å²) in [6, 6.07) is 13.5. The first-order chi connectivity index (χ1) is 20.7. The number of likely N-dealkylation sites (N-methyl/N-ethyl adjacent to an activating group) is 2. The second kappa shape index (κ2) is 13.2. The third-order valence-electron chi connectivity index (χ3n) is 7.29. The molecule has 0 saturated carbocycles. The van der Waals surface area contributed by atoms with Gasteiger partial charge in [0.15, 0.2) is 0 Å². The molecule has 4 amide bonds. The molecule has 3 N–H and O–H groups in total. The second-order valence-electron chi connectivity index (χ2n) is 10.7. The highest BCUT2D eigenvalue weighted by Crippen LogP contribution is 2.30.